The van der Waals surface area contributed by atoms with Gasteiger partial charge in [-0.3, -0.25) is 9.69 Å². The molecule has 0 aromatic heterocycles. The number of carbonyl (C=O) groups is 1. The lowest BCUT2D eigenvalue weighted by Crippen LogP contribution is -2.75. The minimum Gasteiger partial charge on any atom is -0.481 e. The molecule has 4 atom stereocenters. The van der Waals surface area contributed by atoms with Crippen molar-refractivity contribution in [3.8, 4) is 11.5 Å². The van der Waals surface area contributed by atoms with Crippen molar-refractivity contribution in [2.75, 3.05) is 13.1 Å². The minimum atomic E-state index is -0.820. The maximum absolute atomic E-state index is 12.2. The highest BCUT2D eigenvalue weighted by atomic mass is 16.6. The van der Waals surface area contributed by atoms with Gasteiger partial charge in [-0.15, -0.1) is 0 Å². The van der Waals surface area contributed by atoms with Gasteiger partial charge >= 0.3 is 5.97 Å². The largest absolute Gasteiger partial charge is 0.481 e. The van der Waals surface area contributed by atoms with Gasteiger partial charge in [0, 0.05) is 25.1 Å². The summed E-state index contributed by atoms with van der Waals surface area (Å²) < 4.78 is 11.9. The smallest absolute Gasteiger partial charge is 0.308 e. The first-order valence-corrected chi connectivity index (χ1v) is 10.6. The number of carbonyl (C=O) groups excluding carboxylic acids is 1. The molecule has 148 valence electrons. The number of hydrogen-bond acceptors (Lipinski definition) is 5. The van der Waals surface area contributed by atoms with E-state index in [9.17, 15) is 9.90 Å². The topological polar surface area (TPSA) is 59.0 Å². The van der Waals surface area contributed by atoms with Crippen LogP contribution in [0.4, 0.5) is 0 Å². The third-order valence-corrected chi connectivity index (χ3v) is 7.95. The molecule has 0 unspecified atom stereocenters. The second-order valence-corrected chi connectivity index (χ2v) is 9.48. The first-order valence-electron chi connectivity index (χ1n) is 10.6. The molecule has 2 aliphatic heterocycles. The number of rotatable bonds is 3. The number of nitrogens with zero attached hydrogens (tertiary/aromatic N) is 1. The number of aliphatic hydroxyl groups is 1. The van der Waals surface area contributed by atoms with Crippen molar-refractivity contribution >= 4 is 5.97 Å². The van der Waals surface area contributed by atoms with Gasteiger partial charge in [0.25, 0.3) is 0 Å². The summed E-state index contributed by atoms with van der Waals surface area (Å²) in [6.45, 7) is 7.80. The molecule has 1 spiro atoms. The molecule has 6 rings (SSSR count). The summed E-state index contributed by atoms with van der Waals surface area (Å²) in [5, 5.41) is 12.2. The van der Waals surface area contributed by atoms with Crippen LogP contribution in [0.15, 0.2) is 24.3 Å². The molecule has 1 saturated heterocycles. The summed E-state index contributed by atoms with van der Waals surface area (Å²) >= 11 is 0. The molecular weight excluding hydrogens is 354 g/mol. The second kappa shape index (κ2) is 5.39. The van der Waals surface area contributed by atoms with Crippen LogP contribution in [0.25, 0.3) is 0 Å². The number of esters is 1. The van der Waals surface area contributed by atoms with E-state index in [0.717, 1.165) is 55.8 Å². The molecule has 3 fully saturated rings. The third kappa shape index (κ3) is 1.97. The number of piperidine rings is 1. The molecule has 1 aromatic rings. The van der Waals surface area contributed by atoms with Crippen LogP contribution >= 0.6 is 0 Å². The first-order chi connectivity index (χ1) is 13.4. The molecule has 28 heavy (non-hydrogen) atoms. The molecule has 5 nitrogen and oxygen atoms in total. The van der Waals surface area contributed by atoms with Crippen molar-refractivity contribution in [3.63, 3.8) is 0 Å². The van der Waals surface area contributed by atoms with Gasteiger partial charge < -0.3 is 14.6 Å². The molecule has 5 aliphatic rings. The van der Waals surface area contributed by atoms with Gasteiger partial charge in [-0.25, -0.2) is 0 Å². The normalized spacial score (nSPS) is 38.0. The Labute approximate surface area is 165 Å². The maximum Gasteiger partial charge on any atom is 0.308 e. The average molecular weight is 381 g/mol. The van der Waals surface area contributed by atoms with Gasteiger partial charge in [-0.05, 0) is 68.2 Å². The van der Waals surface area contributed by atoms with E-state index < -0.39 is 11.0 Å². The highest BCUT2D eigenvalue weighted by Gasteiger charge is 2.72. The van der Waals surface area contributed by atoms with Crippen LogP contribution in [0.2, 0.25) is 0 Å². The quantitative estimate of drug-likeness (QED) is 0.496. The Hall–Kier alpha value is -1.85. The van der Waals surface area contributed by atoms with Crippen molar-refractivity contribution < 1.29 is 19.4 Å². The molecule has 2 bridgehead atoms. The number of ether oxygens (including phenoxy) is 2. The van der Waals surface area contributed by atoms with Crippen molar-refractivity contribution in [3.05, 3.63) is 35.4 Å². The Kier molecular flexibility index (Phi) is 3.28. The van der Waals surface area contributed by atoms with Gasteiger partial charge in [-0.2, -0.15) is 0 Å². The fourth-order valence-electron chi connectivity index (χ4n) is 6.62. The van der Waals surface area contributed by atoms with Crippen LogP contribution in [0.5, 0.6) is 11.5 Å². The van der Waals surface area contributed by atoms with Gasteiger partial charge in [0.05, 0.1) is 11.0 Å². The van der Waals surface area contributed by atoms with Gasteiger partial charge in [0.2, 0.25) is 0 Å². The molecule has 1 N–H and O–H groups in total. The van der Waals surface area contributed by atoms with Crippen LogP contribution in [-0.4, -0.2) is 46.8 Å². The fraction of sp³-hybridized carbons (Fsp3) is 0.609. The Morgan fingerprint density at radius 3 is 2.96 bits per heavy atom. The zero-order valence-electron chi connectivity index (χ0n) is 16.4. The van der Waals surface area contributed by atoms with E-state index in [1.54, 1.807) is 0 Å². The monoisotopic (exact) mass is 381 g/mol. The minimum absolute atomic E-state index is 0.124. The molecule has 0 radical (unpaired) electrons. The van der Waals surface area contributed by atoms with Crippen LogP contribution in [-0.2, 0) is 16.6 Å². The molecule has 2 heterocycles. The van der Waals surface area contributed by atoms with Crippen molar-refractivity contribution in [2.45, 2.75) is 68.6 Å². The van der Waals surface area contributed by atoms with Crippen LogP contribution in [0, 0.1) is 5.92 Å². The zero-order chi connectivity index (χ0) is 19.3. The Morgan fingerprint density at radius 1 is 1.39 bits per heavy atom. The van der Waals surface area contributed by atoms with E-state index in [4.69, 9.17) is 9.47 Å². The number of benzene rings is 1. The molecule has 2 saturated carbocycles. The Morgan fingerprint density at radius 2 is 2.21 bits per heavy atom. The van der Waals surface area contributed by atoms with Crippen molar-refractivity contribution in [2.24, 2.45) is 5.92 Å². The van der Waals surface area contributed by atoms with E-state index in [1.165, 1.54) is 25.3 Å². The van der Waals surface area contributed by atoms with Crippen LogP contribution in [0.1, 0.15) is 50.2 Å². The summed E-state index contributed by atoms with van der Waals surface area (Å²) in [5.41, 5.74) is 2.09. The molecular formula is C23H27NO4. The van der Waals surface area contributed by atoms with E-state index >= 15 is 0 Å². The number of hydrogen-bond donors (Lipinski definition) is 1. The fourth-order valence-corrected chi connectivity index (χ4v) is 6.62. The van der Waals surface area contributed by atoms with Crippen molar-refractivity contribution in [1.82, 2.24) is 4.90 Å². The third-order valence-electron chi connectivity index (χ3n) is 7.95. The highest BCUT2D eigenvalue weighted by molar-refractivity contribution is 5.73. The predicted molar refractivity (Wildman–Crippen MR) is 104 cm³/mol. The first kappa shape index (κ1) is 17.0. The SMILES string of the molecule is C=C1CC[C@@]2(O)[C@H]3Cc4ccc(OC(C)=O)c5c4[C@@]2(CCN3CC2CC2)[C@H]1O5. The van der Waals surface area contributed by atoms with E-state index in [0.29, 0.717) is 11.5 Å². The maximum atomic E-state index is 12.2. The Bertz CT molecular complexity index is 906. The molecule has 3 aliphatic carbocycles. The van der Waals surface area contributed by atoms with Gasteiger partial charge in [0.1, 0.15) is 6.10 Å². The Balaban J connectivity index is 1.54. The summed E-state index contributed by atoms with van der Waals surface area (Å²) in [5.74, 6) is 1.58. The van der Waals surface area contributed by atoms with Crippen LogP contribution < -0.4 is 9.47 Å². The molecule has 1 aromatic carbocycles. The molecule has 5 heteroatoms. The summed E-state index contributed by atoms with van der Waals surface area (Å²) in [4.78, 5) is 14.2. The van der Waals surface area contributed by atoms with E-state index in [-0.39, 0.29) is 18.1 Å². The van der Waals surface area contributed by atoms with Crippen LogP contribution in [0.3, 0.4) is 0 Å². The standard InChI is InChI=1S/C23H27NO4/c1-13-7-8-23(26)18-11-16-5-6-17(27-14(2)25)20-19(16)22(23,21(13)28-20)9-10-24(18)12-15-3-4-15/h5-6,15,18,21,26H,1,3-4,7-12H2,2H3/t18-,21+,22+,23-/m1/s1. The average Bonchev–Trinajstić information content (AvgIpc) is 3.38. The summed E-state index contributed by atoms with van der Waals surface area (Å²) in [6, 6.07) is 4.06. The summed E-state index contributed by atoms with van der Waals surface area (Å²) in [6.07, 6.45) is 5.61. The van der Waals surface area contributed by atoms with E-state index in [2.05, 4.69) is 17.5 Å². The van der Waals surface area contributed by atoms with Gasteiger partial charge in [-0.1, -0.05) is 12.6 Å². The van der Waals surface area contributed by atoms with Crippen molar-refractivity contribution in [1.29, 1.82) is 0 Å². The van der Waals surface area contributed by atoms with E-state index in [1.807, 2.05) is 6.07 Å². The lowest BCUT2D eigenvalue weighted by atomic mass is 9.48. The molecule has 0 amide bonds. The lowest BCUT2D eigenvalue weighted by Gasteiger charge is -2.63. The lowest BCUT2D eigenvalue weighted by molar-refractivity contribution is -0.174. The zero-order valence-corrected chi connectivity index (χ0v) is 16.4. The van der Waals surface area contributed by atoms with Gasteiger partial charge in [0.15, 0.2) is 11.5 Å². The summed E-state index contributed by atoms with van der Waals surface area (Å²) in [7, 11) is 0. The highest BCUT2D eigenvalue weighted by Crippen LogP contribution is 2.66. The number of likely N-dealkylation sites (tertiary alicyclic amines) is 1. The second-order valence-electron chi connectivity index (χ2n) is 9.48. The predicted octanol–water partition coefficient (Wildman–Crippen LogP) is 2.73.